The Morgan fingerprint density at radius 1 is 1.05 bits per heavy atom. The summed E-state index contributed by atoms with van der Waals surface area (Å²) in [6.45, 7) is 0.0132. The molecule has 0 radical (unpaired) electrons. The van der Waals surface area contributed by atoms with Gasteiger partial charge in [-0.1, -0.05) is 17.7 Å². The van der Waals surface area contributed by atoms with Gasteiger partial charge in [0.05, 0.1) is 21.6 Å². The van der Waals surface area contributed by atoms with Crippen LogP contribution in [0, 0.1) is 11.3 Å². The first-order valence-corrected chi connectivity index (χ1v) is 11.0. The zero-order chi connectivity index (χ0) is 26.9. The third-order valence-corrected chi connectivity index (χ3v) is 5.66. The van der Waals surface area contributed by atoms with Crippen molar-refractivity contribution in [3.63, 3.8) is 0 Å². The number of nitrogens with one attached hydrogen (secondary N) is 1. The van der Waals surface area contributed by atoms with Crippen LogP contribution in [-0.2, 0) is 6.42 Å². The number of aromatic nitrogens is 4. The summed E-state index contributed by atoms with van der Waals surface area (Å²) in [5, 5.41) is 12.2. The predicted molar refractivity (Wildman–Crippen MR) is 130 cm³/mol. The second kappa shape index (κ2) is 10.3. The number of hydrogen-bond donors (Lipinski definition) is 3. The van der Waals surface area contributed by atoms with E-state index in [0.29, 0.717) is 6.07 Å². The standard InChI is InChI=1S/C23H17ClF4N8O/c24-14-2-1-3-15-17(14)22(37)36(12-7-10(18(25)26)6-11(8-12)19(27)28)16(33-15)4-5-32-21-13(9-29)20(30)34-23(31)35-21/h1-3,6-8,18-19H,4-5H2,(H5,30,31,32,34,35). The number of nitriles is 1. The molecule has 0 atom stereocenters. The van der Waals surface area contributed by atoms with E-state index in [1.165, 1.54) is 12.1 Å². The Balaban J connectivity index is 1.85. The summed E-state index contributed by atoms with van der Waals surface area (Å²) in [6, 6.07) is 8.97. The second-order valence-electron chi connectivity index (χ2n) is 7.74. The third kappa shape index (κ3) is 5.10. The first kappa shape index (κ1) is 25.6. The smallest absolute Gasteiger partial charge is 0.267 e. The molecule has 0 amide bonds. The molecule has 190 valence electrons. The lowest BCUT2D eigenvalue weighted by Crippen LogP contribution is -2.26. The molecular weight excluding hydrogens is 516 g/mol. The number of fused-ring (bicyclic) bond motifs is 1. The van der Waals surface area contributed by atoms with Crippen molar-refractivity contribution in [2.45, 2.75) is 19.3 Å². The summed E-state index contributed by atoms with van der Waals surface area (Å²) in [5.74, 6) is -0.244. The highest BCUT2D eigenvalue weighted by molar-refractivity contribution is 6.35. The van der Waals surface area contributed by atoms with E-state index >= 15 is 0 Å². The van der Waals surface area contributed by atoms with Crippen molar-refractivity contribution < 1.29 is 17.6 Å². The lowest BCUT2D eigenvalue weighted by molar-refractivity contribution is 0.144. The van der Waals surface area contributed by atoms with Crippen LogP contribution in [0.15, 0.2) is 41.2 Å². The molecule has 0 aliphatic carbocycles. The molecule has 0 aliphatic rings. The van der Waals surface area contributed by atoms with Crippen LogP contribution in [0.2, 0.25) is 5.02 Å². The van der Waals surface area contributed by atoms with E-state index in [1.807, 2.05) is 6.07 Å². The largest absolute Gasteiger partial charge is 0.382 e. The van der Waals surface area contributed by atoms with E-state index in [4.69, 9.17) is 23.1 Å². The lowest BCUT2D eigenvalue weighted by atomic mass is 10.1. The number of nitrogens with two attached hydrogens (primary N) is 2. The molecule has 0 spiro atoms. The van der Waals surface area contributed by atoms with Crippen LogP contribution >= 0.6 is 11.6 Å². The quantitative estimate of drug-likeness (QED) is 0.297. The van der Waals surface area contributed by atoms with Crippen molar-refractivity contribution in [2.75, 3.05) is 23.3 Å². The molecule has 2 aromatic carbocycles. The van der Waals surface area contributed by atoms with Gasteiger partial charge in [0.15, 0.2) is 5.82 Å². The Morgan fingerprint density at radius 3 is 2.35 bits per heavy atom. The van der Waals surface area contributed by atoms with Crippen LogP contribution in [0.5, 0.6) is 0 Å². The van der Waals surface area contributed by atoms with Crippen LogP contribution in [0.3, 0.4) is 0 Å². The molecule has 0 bridgehead atoms. The van der Waals surface area contributed by atoms with Gasteiger partial charge in [-0.25, -0.2) is 22.5 Å². The van der Waals surface area contributed by atoms with Gasteiger partial charge in [0.1, 0.15) is 23.3 Å². The van der Waals surface area contributed by atoms with Crippen LogP contribution in [-0.4, -0.2) is 26.1 Å². The first-order chi connectivity index (χ1) is 17.6. The number of nitrogen functional groups attached to an aromatic ring is 2. The molecule has 0 saturated heterocycles. The van der Waals surface area contributed by atoms with Crippen molar-refractivity contribution in [3.05, 3.63) is 74.3 Å². The first-order valence-electron chi connectivity index (χ1n) is 10.6. The van der Waals surface area contributed by atoms with Gasteiger partial charge in [0, 0.05) is 24.1 Å². The summed E-state index contributed by atoms with van der Waals surface area (Å²) in [4.78, 5) is 25.6. The minimum Gasteiger partial charge on any atom is -0.382 e. The van der Waals surface area contributed by atoms with E-state index < -0.39 is 29.5 Å². The molecule has 0 fully saturated rings. The van der Waals surface area contributed by atoms with Gasteiger partial charge in [-0.15, -0.1) is 0 Å². The molecule has 4 aromatic rings. The van der Waals surface area contributed by atoms with Crippen LogP contribution in [0.1, 0.15) is 35.4 Å². The molecule has 0 saturated carbocycles. The topological polar surface area (TPSA) is 149 Å². The van der Waals surface area contributed by atoms with Gasteiger partial charge in [-0.3, -0.25) is 9.36 Å². The fraction of sp³-hybridized carbons (Fsp3) is 0.174. The Kier molecular flexibility index (Phi) is 7.12. The van der Waals surface area contributed by atoms with Crippen LogP contribution < -0.4 is 22.3 Å². The lowest BCUT2D eigenvalue weighted by Gasteiger charge is -2.17. The molecule has 0 aliphatic heterocycles. The second-order valence-corrected chi connectivity index (χ2v) is 8.15. The molecule has 37 heavy (non-hydrogen) atoms. The number of alkyl halides is 4. The molecule has 9 nitrogen and oxygen atoms in total. The van der Waals surface area contributed by atoms with Crippen molar-refractivity contribution >= 4 is 40.1 Å². The van der Waals surface area contributed by atoms with E-state index in [2.05, 4.69) is 20.3 Å². The maximum Gasteiger partial charge on any atom is 0.267 e. The highest BCUT2D eigenvalue weighted by Crippen LogP contribution is 2.29. The predicted octanol–water partition coefficient (Wildman–Crippen LogP) is 4.39. The number of benzene rings is 2. The molecule has 5 N–H and O–H groups in total. The van der Waals surface area contributed by atoms with Gasteiger partial charge >= 0.3 is 0 Å². The Bertz CT molecular complexity index is 1580. The fourth-order valence-electron chi connectivity index (χ4n) is 3.74. The molecule has 2 aromatic heterocycles. The van der Waals surface area contributed by atoms with Crippen LogP contribution in [0.4, 0.5) is 35.1 Å². The van der Waals surface area contributed by atoms with E-state index in [1.54, 1.807) is 6.07 Å². The van der Waals surface area contributed by atoms with Gasteiger partial charge in [0.2, 0.25) is 5.95 Å². The van der Waals surface area contributed by atoms with Crippen LogP contribution in [0.25, 0.3) is 16.6 Å². The zero-order valence-corrected chi connectivity index (χ0v) is 19.5. The van der Waals surface area contributed by atoms with Crippen molar-refractivity contribution in [3.8, 4) is 11.8 Å². The molecule has 2 heterocycles. The van der Waals surface area contributed by atoms with Gasteiger partial charge < -0.3 is 16.8 Å². The number of anilines is 3. The normalized spacial score (nSPS) is 11.3. The van der Waals surface area contributed by atoms with Gasteiger partial charge in [-0.05, 0) is 30.3 Å². The number of rotatable bonds is 7. The number of hydrogen-bond acceptors (Lipinski definition) is 8. The maximum absolute atomic E-state index is 13.5. The third-order valence-electron chi connectivity index (χ3n) is 5.35. The van der Waals surface area contributed by atoms with Gasteiger partial charge in [0.25, 0.3) is 18.4 Å². The average molecular weight is 533 g/mol. The van der Waals surface area contributed by atoms with E-state index in [9.17, 15) is 27.6 Å². The van der Waals surface area contributed by atoms with Gasteiger partial charge in [-0.2, -0.15) is 15.2 Å². The average Bonchev–Trinajstić information content (AvgIpc) is 2.83. The molecule has 0 unspecified atom stereocenters. The maximum atomic E-state index is 13.5. The molecule has 14 heteroatoms. The Hall–Kier alpha value is -4.44. The summed E-state index contributed by atoms with van der Waals surface area (Å²) in [7, 11) is 0. The summed E-state index contributed by atoms with van der Waals surface area (Å²) < 4.78 is 55.0. The molecular formula is C23H17ClF4N8O. The van der Waals surface area contributed by atoms with Crippen molar-refractivity contribution in [1.82, 2.24) is 19.5 Å². The minimum atomic E-state index is -3.06. The summed E-state index contributed by atoms with van der Waals surface area (Å²) >= 11 is 6.21. The highest BCUT2D eigenvalue weighted by atomic mass is 35.5. The van der Waals surface area contributed by atoms with E-state index in [0.717, 1.165) is 16.7 Å². The Morgan fingerprint density at radius 2 is 1.73 bits per heavy atom. The summed E-state index contributed by atoms with van der Waals surface area (Å²) in [5.41, 5.74) is 9.13. The van der Waals surface area contributed by atoms with E-state index in [-0.39, 0.29) is 63.6 Å². The Labute approximate surface area is 211 Å². The minimum absolute atomic E-state index is 0.00922. The fourth-order valence-corrected chi connectivity index (χ4v) is 3.99. The number of nitrogens with zero attached hydrogens (tertiary/aromatic N) is 5. The SMILES string of the molecule is N#Cc1c(N)nc(N)nc1NCCc1nc2cccc(Cl)c2c(=O)n1-c1cc(C(F)F)cc(C(F)F)c1. The molecule has 4 rings (SSSR count). The summed E-state index contributed by atoms with van der Waals surface area (Å²) in [6.07, 6.45) is -6.16. The highest BCUT2D eigenvalue weighted by Gasteiger charge is 2.20. The zero-order valence-electron chi connectivity index (χ0n) is 18.7. The van der Waals surface area contributed by atoms with Crippen molar-refractivity contribution in [1.29, 1.82) is 5.26 Å². The monoisotopic (exact) mass is 532 g/mol. The number of halogens is 5. The van der Waals surface area contributed by atoms with Crippen molar-refractivity contribution in [2.24, 2.45) is 0 Å².